The van der Waals surface area contributed by atoms with Gasteiger partial charge in [0.05, 0.1) is 0 Å². The summed E-state index contributed by atoms with van der Waals surface area (Å²) in [7, 11) is 0. The molecule has 0 aliphatic carbocycles. The van der Waals surface area contributed by atoms with Crippen LogP contribution >= 0.6 is 4.20 Å². The molecule has 0 saturated heterocycles. The fourth-order valence-electron chi connectivity index (χ4n) is 2.36. The van der Waals surface area contributed by atoms with Gasteiger partial charge >= 0.3 is 143 Å². The topological polar surface area (TPSA) is 0 Å². The van der Waals surface area contributed by atoms with Gasteiger partial charge < -0.3 is 0 Å². The van der Waals surface area contributed by atoms with Crippen LogP contribution in [0.1, 0.15) is 18.1 Å². The van der Waals surface area contributed by atoms with Crippen molar-refractivity contribution in [2.24, 2.45) is 0 Å². The van der Waals surface area contributed by atoms with Crippen LogP contribution in [0.4, 0.5) is 0 Å². The Kier molecular flexibility index (Phi) is 7.51. The fourth-order valence-corrected chi connectivity index (χ4v) is 14.8. The molecule has 2 rings (SSSR count). The summed E-state index contributed by atoms with van der Waals surface area (Å²) in [6.45, 7) is 2.34. The molecule has 21 heavy (non-hydrogen) atoms. The Morgan fingerprint density at radius 2 is 1.24 bits per heavy atom. The number of benzene rings is 2. The molecule has 0 radical (unpaired) electrons. The molecule has 112 valence electrons. The number of hydrogen-bond donors (Lipinski definition) is 0. The zero-order valence-corrected chi connectivity index (χ0v) is 16.9. The zero-order chi connectivity index (χ0) is 15.0. The predicted molar refractivity (Wildman–Crippen MR) is 98.9 cm³/mol. The second-order valence-electron chi connectivity index (χ2n) is 5.15. The van der Waals surface area contributed by atoms with Crippen molar-refractivity contribution >= 4 is 33.8 Å². The van der Waals surface area contributed by atoms with E-state index in [0.717, 1.165) is 14.5 Å². The van der Waals surface area contributed by atoms with Gasteiger partial charge in [0.25, 0.3) is 0 Å². The fraction of sp³-hybridized carbons (Fsp3) is 0.333. The molecule has 0 saturated carbocycles. The molecule has 0 atom stereocenters. The second kappa shape index (κ2) is 9.14. The quantitative estimate of drug-likeness (QED) is 0.425. The Bertz CT molecular complexity index is 519. The summed E-state index contributed by atoms with van der Waals surface area (Å²) in [5.74, 6) is 0. The summed E-state index contributed by atoms with van der Waals surface area (Å²) in [4.78, 5) is 0. The Labute approximate surface area is 142 Å². The average Bonchev–Trinajstić information content (AvgIpc) is 2.54. The molecule has 0 N–H and O–H groups in total. The first-order valence-corrected chi connectivity index (χ1v) is 15.3. The van der Waals surface area contributed by atoms with Crippen molar-refractivity contribution in [1.29, 1.82) is 0 Å². The molecule has 0 unspecified atom stereocenters. The van der Waals surface area contributed by atoms with Gasteiger partial charge in [-0.05, 0) is 0 Å². The summed E-state index contributed by atoms with van der Waals surface area (Å²) in [5, 5.41) is 1.36. The molecular formula is C18H23PSe2. The maximum atomic E-state index is 3.67. The second-order valence-corrected chi connectivity index (χ2v) is 23.1. The van der Waals surface area contributed by atoms with Gasteiger partial charge in [-0.25, -0.2) is 0 Å². The van der Waals surface area contributed by atoms with Crippen LogP contribution in [0.5, 0.6) is 0 Å². The first kappa shape index (κ1) is 17.3. The number of hydrogen-bond acceptors (Lipinski definition) is 0. The van der Waals surface area contributed by atoms with E-state index in [1.165, 1.54) is 41.6 Å². The summed E-state index contributed by atoms with van der Waals surface area (Å²) < 4.78 is -0.863. The summed E-state index contributed by atoms with van der Waals surface area (Å²) in [6.07, 6.45) is 5.21. The van der Waals surface area contributed by atoms with E-state index in [-0.39, 0.29) is 0 Å². The Balaban J connectivity index is 1.94. The third kappa shape index (κ3) is 6.27. The summed E-state index contributed by atoms with van der Waals surface area (Å²) >= 11 is 4.46. The Morgan fingerprint density at radius 1 is 0.810 bits per heavy atom. The SMILES string of the molecule is CC[Se]P(=[Se])(CCc1ccccc1)CCc1ccccc1. The molecule has 0 nitrogen and oxygen atoms in total. The van der Waals surface area contributed by atoms with Crippen LogP contribution in [0.15, 0.2) is 60.7 Å². The first-order valence-electron chi connectivity index (χ1n) is 7.52. The standard InChI is InChI=1S/C18H23PSe2/c1-2-21-19(20,15-13-17-9-5-3-6-10-17)16-14-18-11-7-4-8-12-18/h3-12H,2,13-16H2,1H3. The van der Waals surface area contributed by atoms with E-state index in [1.54, 1.807) is 0 Å². The minimum atomic E-state index is -0.863. The van der Waals surface area contributed by atoms with Crippen molar-refractivity contribution in [2.75, 3.05) is 12.3 Å². The number of aryl methyl sites for hydroxylation is 2. The Hall–Kier alpha value is -0.0910. The van der Waals surface area contributed by atoms with E-state index in [0.29, 0.717) is 0 Å². The normalized spacial score (nSPS) is 11.5. The van der Waals surface area contributed by atoms with Gasteiger partial charge in [-0.1, -0.05) is 0 Å². The van der Waals surface area contributed by atoms with Gasteiger partial charge in [-0.3, -0.25) is 0 Å². The van der Waals surface area contributed by atoms with Crippen LogP contribution in [0, 0.1) is 0 Å². The van der Waals surface area contributed by atoms with Gasteiger partial charge in [0.15, 0.2) is 0 Å². The first-order chi connectivity index (χ1) is 10.2. The molecule has 0 fully saturated rings. The monoisotopic (exact) mass is 430 g/mol. The molecule has 0 spiro atoms. The van der Waals surface area contributed by atoms with Crippen molar-refractivity contribution < 1.29 is 0 Å². The van der Waals surface area contributed by atoms with Crippen molar-refractivity contribution in [1.82, 2.24) is 0 Å². The molecule has 0 aromatic heterocycles. The van der Waals surface area contributed by atoms with Crippen LogP contribution in [-0.2, 0) is 12.8 Å². The average molecular weight is 428 g/mol. The van der Waals surface area contributed by atoms with Gasteiger partial charge in [-0.2, -0.15) is 0 Å². The van der Waals surface area contributed by atoms with Crippen LogP contribution < -0.4 is 0 Å². The predicted octanol–water partition coefficient (Wildman–Crippen LogP) is 4.63. The third-order valence-electron chi connectivity index (χ3n) is 3.53. The molecular weight excluding hydrogens is 405 g/mol. The summed E-state index contributed by atoms with van der Waals surface area (Å²) in [6, 6.07) is 21.9. The number of rotatable bonds is 8. The Morgan fingerprint density at radius 3 is 1.62 bits per heavy atom. The van der Waals surface area contributed by atoms with Crippen LogP contribution in [0.25, 0.3) is 0 Å². The van der Waals surface area contributed by atoms with Gasteiger partial charge in [-0.15, -0.1) is 0 Å². The maximum absolute atomic E-state index is 3.67. The third-order valence-corrected chi connectivity index (χ3v) is 18.7. The molecule has 0 heterocycles. The van der Waals surface area contributed by atoms with Crippen molar-refractivity contribution in [2.45, 2.75) is 25.1 Å². The van der Waals surface area contributed by atoms with E-state index in [4.69, 9.17) is 0 Å². The van der Waals surface area contributed by atoms with Gasteiger partial charge in [0, 0.05) is 0 Å². The van der Waals surface area contributed by atoms with E-state index < -0.39 is 4.20 Å². The summed E-state index contributed by atoms with van der Waals surface area (Å²) in [5.41, 5.74) is 2.98. The van der Waals surface area contributed by atoms with Crippen LogP contribution in [-0.4, -0.2) is 41.9 Å². The molecule has 0 amide bonds. The zero-order valence-electron chi connectivity index (χ0n) is 12.6. The minimum absolute atomic E-state index is 0.788. The van der Waals surface area contributed by atoms with Gasteiger partial charge in [0.1, 0.15) is 0 Å². The molecule has 0 aliphatic heterocycles. The van der Waals surface area contributed by atoms with E-state index in [2.05, 4.69) is 82.7 Å². The van der Waals surface area contributed by atoms with Crippen molar-refractivity contribution in [3.05, 3.63) is 71.8 Å². The van der Waals surface area contributed by atoms with E-state index in [1.807, 2.05) is 0 Å². The van der Waals surface area contributed by atoms with Gasteiger partial charge in [0.2, 0.25) is 0 Å². The molecule has 2 aromatic rings. The molecule has 0 bridgehead atoms. The molecule has 0 aliphatic rings. The van der Waals surface area contributed by atoms with E-state index >= 15 is 0 Å². The van der Waals surface area contributed by atoms with Crippen molar-refractivity contribution in [3.8, 4) is 0 Å². The van der Waals surface area contributed by atoms with Crippen molar-refractivity contribution in [3.63, 3.8) is 0 Å². The van der Waals surface area contributed by atoms with E-state index in [9.17, 15) is 0 Å². The molecule has 3 heteroatoms. The van der Waals surface area contributed by atoms with Crippen LogP contribution in [0.2, 0.25) is 5.32 Å². The molecule has 2 aromatic carbocycles. The van der Waals surface area contributed by atoms with Crippen LogP contribution in [0.3, 0.4) is 0 Å².